The van der Waals surface area contributed by atoms with E-state index < -0.39 is 28.7 Å². The Bertz CT molecular complexity index is 210. The van der Waals surface area contributed by atoms with Crippen molar-refractivity contribution in [3.63, 3.8) is 0 Å². The fraction of sp³-hybridized carbons (Fsp3) is 0. The Labute approximate surface area is 67.5 Å². The Hall–Kier alpha value is -0.570. The average Bonchev–Trinajstić information content (AvgIpc) is 1.85. The predicted molar refractivity (Wildman–Crippen MR) is 36.3 cm³/mol. The summed E-state index contributed by atoms with van der Waals surface area (Å²) in [5, 5.41) is 0. The fourth-order valence-electron chi connectivity index (χ4n) is 0.162. The lowest BCUT2D eigenvalue weighted by Crippen LogP contribution is -2.08. The molecule has 0 spiro atoms. The maximum atomic E-state index is 10.3. The number of hydrogen-bond donors (Lipinski definition) is 1. The Morgan fingerprint density at radius 3 is 2.45 bits per heavy atom. The van der Waals surface area contributed by atoms with Crippen molar-refractivity contribution in [3.8, 4) is 0 Å². The molecule has 0 radical (unpaired) electrons. The summed E-state index contributed by atoms with van der Waals surface area (Å²) in [5.74, 6) is -1.01. The van der Waals surface area contributed by atoms with Crippen LogP contribution in [0.5, 0.6) is 0 Å². The van der Waals surface area contributed by atoms with Gasteiger partial charge in [-0.1, -0.05) is 6.58 Å². The van der Waals surface area contributed by atoms with Gasteiger partial charge in [-0.2, -0.15) is 8.42 Å². The number of rotatable bonds is 4. The lowest BCUT2D eigenvalue weighted by Gasteiger charge is -1.94. The number of hydrogen-bond acceptors (Lipinski definition) is 5. The predicted octanol–water partition coefficient (Wildman–Crippen LogP) is -0.552. The van der Waals surface area contributed by atoms with Crippen molar-refractivity contribution in [3.05, 3.63) is 12.7 Å². The van der Waals surface area contributed by atoms with Gasteiger partial charge in [-0.3, -0.25) is 4.55 Å². The van der Waals surface area contributed by atoms with Gasteiger partial charge in [-0.15, -0.1) is 3.63 Å². The van der Waals surface area contributed by atoms with Gasteiger partial charge in [-0.05, 0) is 0 Å². The lowest BCUT2D eigenvalue weighted by molar-refractivity contribution is -0.128. The van der Waals surface area contributed by atoms with Gasteiger partial charge in [0.1, 0.15) is 0 Å². The summed E-state index contributed by atoms with van der Waals surface area (Å²) in [7, 11) is 0. The minimum atomic E-state index is -2.73. The van der Waals surface area contributed by atoms with E-state index in [2.05, 4.69) is 14.4 Å². The second-order valence-corrected chi connectivity index (χ2v) is 2.65. The summed E-state index contributed by atoms with van der Waals surface area (Å²) >= 11 is -5.28. The van der Waals surface area contributed by atoms with Crippen LogP contribution in [0.4, 0.5) is 0 Å². The third-order valence-corrected chi connectivity index (χ3v) is 1.64. The minimum Gasteiger partial charge on any atom is -0.339 e. The van der Waals surface area contributed by atoms with Crippen LogP contribution in [-0.2, 0) is 35.3 Å². The Balaban J connectivity index is 3.78. The van der Waals surface area contributed by atoms with E-state index in [9.17, 15) is 13.2 Å². The molecule has 0 saturated carbocycles. The van der Waals surface area contributed by atoms with Crippen LogP contribution in [0.1, 0.15) is 0 Å². The molecule has 0 fully saturated rings. The first-order valence-electron chi connectivity index (χ1n) is 2.12. The molecule has 2 unspecified atom stereocenters. The summed E-state index contributed by atoms with van der Waals surface area (Å²) in [5.41, 5.74) is 0. The maximum absolute atomic E-state index is 10.3. The van der Waals surface area contributed by atoms with Crippen molar-refractivity contribution < 1.29 is 25.6 Å². The van der Waals surface area contributed by atoms with E-state index in [0.29, 0.717) is 0 Å². The molecule has 2 atom stereocenters. The molecular weight excluding hydrogens is 196 g/mol. The highest BCUT2D eigenvalue weighted by atomic mass is 32.3. The van der Waals surface area contributed by atoms with Crippen LogP contribution in [0.25, 0.3) is 0 Å². The summed E-state index contributed by atoms with van der Waals surface area (Å²) in [6, 6.07) is 0. The van der Waals surface area contributed by atoms with Crippen molar-refractivity contribution in [2.24, 2.45) is 0 Å². The minimum absolute atomic E-state index is 0.738. The van der Waals surface area contributed by atoms with Crippen molar-refractivity contribution in [1.29, 1.82) is 0 Å². The molecule has 0 aliphatic heterocycles. The standard InChI is InChI=1S/C3H4O6S2/c1-2-3(4)8-11(7)9-10(5)6/h2H,1H2,(H,5,6). The molecule has 1 N–H and O–H groups in total. The SMILES string of the molecule is C=CC(=O)OS(=O)OS(=O)O. The van der Waals surface area contributed by atoms with Crippen LogP contribution in [0.2, 0.25) is 0 Å². The van der Waals surface area contributed by atoms with Crippen LogP contribution in [0, 0.1) is 0 Å². The Kier molecular flexibility index (Phi) is 4.86. The van der Waals surface area contributed by atoms with E-state index >= 15 is 0 Å². The van der Waals surface area contributed by atoms with Gasteiger partial charge in [0.2, 0.25) is 0 Å². The van der Waals surface area contributed by atoms with Gasteiger partial charge in [0.15, 0.2) is 0 Å². The molecule has 0 aromatic carbocycles. The molecule has 0 bridgehead atoms. The van der Waals surface area contributed by atoms with Crippen molar-refractivity contribution in [2.45, 2.75) is 0 Å². The molecule has 11 heavy (non-hydrogen) atoms. The molecule has 0 aliphatic rings. The third-order valence-electron chi connectivity index (χ3n) is 0.431. The van der Waals surface area contributed by atoms with Gasteiger partial charge in [0.25, 0.3) is 0 Å². The molecule has 0 aliphatic carbocycles. The monoisotopic (exact) mass is 200 g/mol. The normalized spacial score (nSPS) is 15.0. The van der Waals surface area contributed by atoms with Crippen LogP contribution in [0.3, 0.4) is 0 Å². The molecular formula is C3H4O6S2. The molecule has 64 valence electrons. The van der Waals surface area contributed by atoms with Crippen molar-refractivity contribution >= 4 is 28.7 Å². The third kappa shape index (κ3) is 5.85. The van der Waals surface area contributed by atoms with Gasteiger partial charge in [-0.25, -0.2) is 4.79 Å². The Morgan fingerprint density at radius 2 is 2.09 bits per heavy atom. The largest absolute Gasteiger partial charge is 0.378 e. The van der Waals surface area contributed by atoms with Crippen LogP contribution < -0.4 is 0 Å². The molecule has 6 nitrogen and oxygen atoms in total. The second kappa shape index (κ2) is 5.13. The van der Waals surface area contributed by atoms with E-state index in [0.717, 1.165) is 6.08 Å². The summed E-state index contributed by atoms with van der Waals surface area (Å²) in [6.07, 6.45) is 0.738. The molecule has 0 aromatic heterocycles. The highest BCUT2D eigenvalue weighted by molar-refractivity contribution is 7.88. The number of carbonyl (C=O) groups excluding carboxylic acids is 1. The topological polar surface area (TPSA) is 89.9 Å². The van der Waals surface area contributed by atoms with Crippen LogP contribution in [-0.4, -0.2) is 18.9 Å². The van der Waals surface area contributed by atoms with E-state index in [4.69, 9.17) is 4.55 Å². The first kappa shape index (κ1) is 10.4. The van der Waals surface area contributed by atoms with E-state index in [1.807, 2.05) is 0 Å². The molecule has 0 saturated heterocycles. The first-order valence-corrected chi connectivity index (χ1v) is 4.15. The lowest BCUT2D eigenvalue weighted by atomic mass is 10.7. The first-order chi connectivity index (χ1) is 5.06. The van der Waals surface area contributed by atoms with Gasteiger partial charge in [0.05, 0.1) is 0 Å². The average molecular weight is 200 g/mol. The van der Waals surface area contributed by atoms with Gasteiger partial charge >= 0.3 is 28.7 Å². The molecule has 8 heteroatoms. The van der Waals surface area contributed by atoms with E-state index in [-0.39, 0.29) is 0 Å². The Morgan fingerprint density at radius 1 is 1.55 bits per heavy atom. The zero-order valence-electron chi connectivity index (χ0n) is 5.09. The molecule has 0 amide bonds. The van der Waals surface area contributed by atoms with Crippen LogP contribution in [0.15, 0.2) is 12.7 Å². The smallest absolute Gasteiger partial charge is 0.339 e. The summed E-state index contributed by atoms with van der Waals surface area (Å²) < 4.78 is 35.5. The maximum Gasteiger partial charge on any atom is 0.378 e. The summed E-state index contributed by atoms with van der Waals surface area (Å²) in [6.45, 7) is 2.99. The van der Waals surface area contributed by atoms with Crippen molar-refractivity contribution in [2.75, 3.05) is 0 Å². The van der Waals surface area contributed by atoms with Gasteiger partial charge in [0, 0.05) is 6.08 Å². The highest BCUT2D eigenvalue weighted by Gasteiger charge is 2.08. The van der Waals surface area contributed by atoms with Crippen LogP contribution >= 0.6 is 0 Å². The second-order valence-electron chi connectivity index (χ2n) is 1.10. The summed E-state index contributed by atoms with van der Waals surface area (Å²) in [4.78, 5) is 10.2. The van der Waals surface area contributed by atoms with Gasteiger partial charge < -0.3 is 4.18 Å². The van der Waals surface area contributed by atoms with E-state index in [1.165, 1.54) is 0 Å². The molecule has 0 rings (SSSR count). The number of carbonyl (C=O) groups is 1. The zero-order valence-corrected chi connectivity index (χ0v) is 6.72. The highest BCUT2D eigenvalue weighted by Crippen LogP contribution is 1.92. The molecule has 0 aromatic rings. The fourth-order valence-corrected chi connectivity index (χ4v) is 0.856. The zero-order chi connectivity index (χ0) is 8.85. The van der Waals surface area contributed by atoms with E-state index in [1.54, 1.807) is 0 Å². The molecule has 0 heterocycles. The quantitative estimate of drug-likeness (QED) is 0.483. The van der Waals surface area contributed by atoms with Crippen molar-refractivity contribution in [1.82, 2.24) is 0 Å².